The number of amides is 3. The standard InChI is InChI=1S/C26H24F4N4O3/c27-21-12-18(7-8-19(21)24(35)32-16-9-10-37-14-16)34-23-4-2-1-3-22(23)33(25(34)36)17-6-5-15(13-31)20(11-17)26(28,29)30/h5-8,11-12,16,22-23H,1-4,9-10,14H2,(H,32,35)/t16-,22-,23-/m1/s1. The number of halogens is 4. The van der Waals surface area contributed by atoms with Gasteiger partial charge in [-0.2, -0.15) is 18.4 Å². The van der Waals surface area contributed by atoms with Gasteiger partial charge >= 0.3 is 12.2 Å². The number of ether oxygens (including phenoxy) is 1. The summed E-state index contributed by atoms with van der Waals surface area (Å²) in [5.74, 6) is -1.38. The SMILES string of the molecule is N#Cc1ccc(N2C(=O)N(c3ccc(C(=O)N[C@@H]4CCOC4)c(F)c3)[C@@H]3CCCC[C@H]32)cc1C(F)(F)F. The van der Waals surface area contributed by atoms with Crippen LogP contribution >= 0.6 is 0 Å². The summed E-state index contributed by atoms with van der Waals surface area (Å²) in [5.41, 5.74) is -1.54. The maximum absolute atomic E-state index is 15.1. The van der Waals surface area contributed by atoms with Gasteiger partial charge in [-0.15, -0.1) is 0 Å². The fraction of sp³-hybridized carbons (Fsp3) is 0.423. The van der Waals surface area contributed by atoms with Gasteiger partial charge < -0.3 is 10.1 Å². The molecule has 2 aliphatic heterocycles. The molecule has 0 spiro atoms. The van der Waals surface area contributed by atoms with Crippen molar-refractivity contribution < 1.29 is 31.9 Å². The Bertz CT molecular complexity index is 1270. The van der Waals surface area contributed by atoms with E-state index in [0.29, 0.717) is 32.5 Å². The lowest BCUT2D eigenvalue weighted by atomic mass is 9.89. The van der Waals surface area contributed by atoms with Crippen molar-refractivity contribution in [1.29, 1.82) is 5.26 Å². The van der Waals surface area contributed by atoms with Crippen molar-refractivity contribution in [2.75, 3.05) is 23.0 Å². The number of rotatable bonds is 4. The van der Waals surface area contributed by atoms with Crippen LogP contribution < -0.4 is 15.1 Å². The molecule has 1 aliphatic carbocycles. The first kappa shape index (κ1) is 25.0. The fourth-order valence-corrected chi connectivity index (χ4v) is 5.46. The van der Waals surface area contributed by atoms with Crippen LogP contribution in [0.3, 0.4) is 0 Å². The molecule has 5 rings (SSSR count). The van der Waals surface area contributed by atoms with E-state index in [2.05, 4.69) is 5.32 Å². The van der Waals surface area contributed by atoms with Gasteiger partial charge in [-0.05, 0) is 55.7 Å². The Morgan fingerprint density at radius 1 is 1.03 bits per heavy atom. The molecule has 11 heteroatoms. The first-order chi connectivity index (χ1) is 17.7. The van der Waals surface area contributed by atoms with E-state index in [0.717, 1.165) is 31.0 Å². The minimum atomic E-state index is -4.76. The zero-order valence-electron chi connectivity index (χ0n) is 19.7. The summed E-state index contributed by atoms with van der Waals surface area (Å²) in [4.78, 5) is 28.9. The van der Waals surface area contributed by atoms with Crippen molar-refractivity contribution in [2.24, 2.45) is 0 Å². The van der Waals surface area contributed by atoms with Crippen LogP contribution in [0.2, 0.25) is 0 Å². The molecule has 2 aromatic rings. The van der Waals surface area contributed by atoms with Gasteiger partial charge in [-0.25, -0.2) is 9.18 Å². The first-order valence-corrected chi connectivity index (χ1v) is 12.1. The molecule has 194 valence electrons. The topological polar surface area (TPSA) is 85.7 Å². The Morgan fingerprint density at radius 2 is 1.68 bits per heavy atom. The summed E-state index contributed by atoms with van der Waals surface area (Å²) < 4.78 is 61.1. The van der Waals surface area contributed by atoms with Gasteiger partial charge in [-0.3, -0.25) is 14.6 Å². The summed E-state index contributed by atoms with van der Waals surface area (Å²) in [6, 6.07) is 7.13. The number of nitrogens with one attached hydrogen (secondary N) is 1. The molecule has 3 aliphatic rings. The number of benzene rings is 2. The molecule has 0 unspecified atom stereocenters. The van der Waals surface area contributed by atoms with Gasteiger partial charge in [-0.1, -0.05) is 12.8 Å². The highest BCUT2D eigenvalue weighted by molar-refractivity contribution is 6.08. The number of hydrogen-bond acceptors (Lipinski definition) is 4. The minimum absolute atomic E-state index is 0.0333. The second-order valence-corrected chi connectivity index (χ2v) is 9.48. The van der Waals surface area contributed by atoms with E-state index in [-0.39, 0.29) is 29.0 Å². The molecule has 2 heterocycles. The summed E-state index contributed by atoms with van der Waals surface area (Å²) in [6.45, 7) is 0.879. The maximum Gasteiger partial charge on any atom is 0.417 e. The van der Waals surface area contributed by atoms with Crippen molar-refractivity contribution in [3.05, 3.63) is 58.9 Å². The lowest BCUT2D eigenvalue weighted by molar-refractivity contribution is -0.137. The third kappa shape index (κ3) is 4.62. The van der Waals surface area contributed by atoms with Crippen LogP contribution in [0, 0.1) is 17.1 Å². The number of nitriles is 1. The molecule has 1 saturated carbocycles. The molecule has 3 atom stereocenters. The number of fused-ring (bicyclic) bond motifs is 1. The second-order valence-electron chi connectivity index (χ2n) is 9.48. The number of hydrogen-bond donors (Lipinski definition) is 1. The zero-order valence-corrected chi connectivity index (χ0v) is 19.7. The highest BCUT2D eigenvalue weighted by atomic mass is 19.4. The normalized spacial score (nSPS) is 23.6. The average Bonchev–Trinajstić information content (AvgIpc) is 3.48. The number of urea groups is 1. The van der Waals surface area contributed by atoms with E-state index >= 15 is 4.39 Å². The van der Waals surface area contributed by atoms with Crippen molar-refractivity contribution in [3.8, 4) is 6.07 Å². The molecular formula is C26H24F4N4O3. The minimum Gasteiger partial charge on any atom is -0.379 e. The molecular weight excluding hydrogens is 492 g/mol. The van der Waals surface area contributed by atoms with E-state index in [4.69, 9.17) is 10.00 Å². The third-order valence-electron chi connectivity index (χ3n) is 7.22. The predicted octanol–water partition coefficient (Wildman–Crippen LogP) is 4.99. The average molecular weight is 516 g/mol. The van der Waals surface area contributed by atoms with Gasteiger partial charge in [0, 0.05) is 18.0 Å². The van der Waals surface area contributed by atoms with Crippen molar-refractivity contribution in [1.82, 2.24) is 5.32 Å². The van der Waals surface area contributed by atoms with E-state index in [1.54, 1.807) is 6.07 Å². The quantitative estimate of drug-likeness (QED) is 0.580. The molecule has 0 radical (unpaired) electrons. The van der Waals surface area contributed by atoms with E-state index in [1.165, 1.54) is 28.0 Å². The smallest absolute Gasteiger partial charge is 0.379 e. The summed E-state index contributed by atoms with van der Waals surface area (Å²) in [7, 11) is 0. The van der Waals surface area contributed by atoms with Crippen molar-refractivity contribution in [3.63, 3.8) is 0 Å². The molecule has 0 aromatic heterocycles. The molecule has 2 aromatic carbocycles. The van der Waals surface area contributed by atoms with Crippen molar-refractivity contribution in [2.45, 2.75) is 56.4 Å². The van der Waals surface area contributed by atoms with Gasteiger partial charge in [0.15, 0.2) is 0 Å². The Labute approximate surface area is 210 Å². The maximum atomic E-state index is 15.1. The Hall–Kier alpha value is -3.65. The van der Waals surface area contributed by atoms with Crippen LogP contribution in [0.1, 0.15) is 53.6 Å². The van der Waals surface area contributed by atoms with Crippen molar-refractivity contribution >= 4 is 23.3 Å². The van der Waals surface area contributed by atoms with Crippen LogP contribution in [0.25, 0.3) is 0 Å². The zero-order chi connectivity index (χ0) is 26.3. The van der Waals surface area contributed by atoms with Gasteiger partial charge in [0.1, 0.15) is 5.82 Å². The molecule has 37 heavy (non-hydrogen) atoms. The highest BCUT2D eigenvalue weighted by Crippen LogP contribution is 2.42. The highest BCUT2D eigenvalue weighted by Gasteiger charge is 2.48. The third-order valence-corrected chi connectivity index (χ3v) is 7.22. The largest absolute Gasteiger partial charge is 0.417 e. The Morgan fingerprint density at radius 3 is 2.24 bits per heavy atom. The summed E-state index contributed by atoms with van der Waals surface area (Å²) in [5, 5.41) is 11.9. The lowest BCUT2D eigenvalue weighted by Gasteiger charge is -2.32. The van der Waals surface area contributed by atoms with E-state index in [9.17, 15) is 22.8 Å². The summed E-state index contributed by atoms with van der Waals surface area (Å²) in [6.07, 6.45) is -1.36. The van der Waals surface area contributed by atoms with Gasteiger partial charge in [0.2, 0.25) is 0 Å². The molecule has 7 nitrogen and oxygen atoms in total. The van der Waals surface area contributed by atoms with E-state index in [1.807, 2.05) is 0 Å². The molecule has 2 saturated heterocycles. The van der Waals surface area contributed by atoms with Crippen LogP contribution in [0.5, 0.6) is 0 Å². The van der Waals surface area contributed by atoms with Gasteiger partial charge in [0.25, 0.3) is 5.91 Å². The van der Waals surface area contributed by atoms with Crippen LogP contribution in [-0.2, 0) is 10.9 Å². The first-order valence-electron chi connectivity index (χ1n) is 12.1. The Kier molecular flexibility index (Phi) is 6.54. The van der Waals surface area contributed by atoms with Crippen LogP contribution in [0.4, 0.5) is 33.7 Å². The monoisotopic (exact) mass is 516 g/mol. The Balaban J connectivity index is 1.47. The molecule has 3 fully saturated rings. The van der Waals surface area contributed by atoms with Crippen LogP contribution in [-0.4, -0.2) is 43.3 Å². The van der Waals surface area contributed by atoms with Gasteiger partial charge in [0.05, 0.1) is 47.5 Å². The fourth-order valence-electron chi connectivity index (χ4n) is 5.46. The molecule has 3 amide bonds. The van der Waals surface area contributed by atoms with E-state index < -0.39 is 41.1 Å². The lowest BCUT2D eigenvalue weighted by Crippen LogP contribution is -2.40. The number of nitrogens with zero attached hydrogens (tertiary/aromatic N) is 3. The molecule has 0 bridgehead atoms. The van der Waals surface area contributed by atoms with Crippen LogP contribution in [0.15, 0.2) is 36.4 Å². The number of alkyl halides is 3. The number of carbonyl (C=O) groups excluding carboxylic acids is 2. The predicted molar refractivity (Wildman–Crippen MR) is 126 cm³/mol. The summed E-state index contributed by atoms with van der Waals surface area (Å²) >= 11 is 0. The number of anilines is 2. The molecule has 1 N–H and O–H groups in total. The second kappa shape index (κ2) is 9.67. The number of carbonyl (C=O) groups is 2.